The zero-order valence-electron chi connectivity index (χ0n) is 11.7. The molecule has 0 aromatic carbocycles. The van der Waals surface area contributed by atoms with E-state index in [1.54, 1.807) is 0 Å². The van der Waals surface area contributed by atoms with Crippen molar-refractivity contribution in [1.82, 2.24) is 4.98 Å². The molecule has 0 radical (unpaired) electrons. The predicted molar refractivity (Wildman–Crippen MR) is 76.9 cm³/mol. The van der Waals surface area contributed by atoms with Gasteiger partial charge < -0.3 is 10.1 Å². The quantitative estimate of drug-likeness (QED) is 0.491. The van der Waals surface area contributed by atoms with E-state index in [0.29, 0.717) is 25.1 Å². The predicted octanol–water partition coefficient (Wildman–Crippen LogP) is 2.62. The van der Waals surface area contributed by atoms with Crippen molar-refractivity contribution in [3.8, 4) is 6.07 Å². The van der Waals surface area contributed by atoms with Gasteiger partial charge >= 0.3 is 0 Å². The zero-order chi connectivity index (χ0) is 15.1. The second-order valence-electron chi connectivity index (χ2n) is 5.02. The molecule has 1 fully saturated rings. The Morgan fingerprint density at radius 1 is 1.48 bits per heavy atom. The lowest BCUT2D eigenvalue weighted by Crippen LogP contribution is -2.21. The van der Waals surface area contributed by atoms with E-state index in [9.17, 15) is 10.1 Å². The molecular formula is C14H18N4O3. The van der Waals surface area contributed by atoms with Crippen LogP contribution in [0.4, 0.5) is 11.5 Å². The van der Waals surface area contributed by atoms with Gasteiger partial charge in [0.25, 0.3) is 5.69 Å². The van der Waals surface area contributed by atoms with E-state index in [1.165, 1.54) is 25.3 Å². The molecule has 2 rings (SSSR count). The highest BCUT2D eigenvalue weighted by Crippen LogP contribution is 2.20. The Balaban J connectivity index is 1.82. The van der Waals surface area contributed by atoms with E-state index in [4.69, 9.17) is 10.00 Å². The number of nitrogens with zero attached hydrogens (tertiary/aromatic N) is 3. The summed E-state index contributed by atoms with van der Waals surface area (Å²) < 4.78 is 5.76. The molecule has 0 unspecified atom stereocenters. The number of nitro groups is 1. The van der Waals surface area contributed by atoms with E-state index < -0.39 is 4.92 Å². The lowest BCUT2D eigenvalue weighted by Gasteiger charge is -2.22. The molecule has 0 saturated heterocycles. The normalized spacial score (nSPS) is 15.4. The minimum atomic E-state index is -0.566. The Morgan fingerprint density at radius 2 is 2.24 bits per heavy atom. The van der Waals surface area contributed by atoms with Gasteiger partial charge in [-0.1, -0.05) is 19.3 Å². The second kappa shape index (κ2) is 7.55. The Hall–Kier alpha value is -2.20. The minimum Gasteiger partial charge on any atom is -0.376 e. The molecule has 1 aromatic heterocycles. The average molecular weight is 290 g/mol. The van der Waals surface area contributed by atoms with Crippen molar-refractivity contribution >= 4 is 11.5 Å². The average Bonchev–Trinajstić information content (AvgIpc) is 2.52. The molecule has 1 N–H and O–H groups in total. The topological polar surface area (TPSA) is 101 Å². The molecule has 0 bridgehead atoms. The van der Waals surface area contributed by atoms with Crippen molar-refractivity contribution in [2.45, 2.75) is 38.2 Å². The summed E-state index contributed by atoms with van der Waals surface area (Å²) in [6.07, 6.45) is 7.43. The molecule has 1 aliphatic rings. The van der Waals surface area contributed by atoms with Gasteiger partial charge in [0.1, 0.15) is 23.6 Å². The maximum absolute atomic E-state index is 10.6. The van der Waals surface area contributed by atoms with Gasteiger partial charge in [-0.15, -0.1) is 0 Å². The molecular weight excluding hydrogens is 272 g/mol. The maximum atomic E-state index is 10.6. The first-order valence-electron chi connectivity index (χ1n) is 7.10. The lowest BCUT2D eigenvalue weighted by molar-refractivity contribution is -0.385. The van der Waals surface area contributed by atoms with Crippen LogP contribution in [0.25, 0.3) is 0 Å². The highest BCUT2D eigenvalue weighted by molar-refractivity contribution is 5.55. The first-order chi connectivity index (χ1) is 10.2. The SMILES string of the molecule is N#Cc1cc([N+](=O)[O-])cnc1NCCOC1CCCCC1. The zero-order valence-corrected chi connectivity index (χ0v) is 11.7. The van der Waals surface area contributed by atoms with Crippen LogP contribution in [0.3, 0.4) is 0 Å². The van der Waals surface area contributed by atoms with Crippen LogP contribution in [0.2, 0.25) is 0 Å². The number of hydrogen-bond acceptors (Lipinski definition) is 6. The van der Waals surface area contributed by atoms with E-state index in [2.05, 4.69) is 10.3 Å². The van der Waals surface area contributed by atoms with E-state index in [1.807, 2.05) is 6.07 Å². The first-order valence-corrected chi connectivity index (χ1v) is 7.10. The van der Waals surface area contributed by atoms with Gasteiger partial charge in [0.15, 0.2) is 0 Å². The van der Waals surface area contributed by atoms with Gasteiger partial charge in [-0.25, -0.2) is 4.98 Å². The maximum Gasteiger partial charge on any atom is 0.289 e. The number of aromatic nitrogens is 1. The van der Waals surface area contributed by atoms with Crippen molar-refractivity contribution in [3.63, 3.8) is 0 Å². The van der Waals surface area contributed by atoms with E-state index in [-0.39, 0.29) is 11.3 Å². The van der Waals surface area contributed by atoms with Crippen molar-refractivity contribution in [2.24, 2.45) is 0 Å². The van der Waals surface area contributed by atoms with Crippen LogP contribution in [0.15, 0.2) is 12.3 Å². The van der Waals surface area contributed by atoms with Gasteiger partial charge in [0.2, 0.25) is 0 Å². The van der Waals surface area contributed by atoms with E-state index >= 15 is 0 Å². The Labute approximate surface area is 123 Å². The van der Waals surface area contributed by atoms with Crippen LogP contribution in [0, 0.1) is 21.4 Å². The molecule has 0 aliphatic heterocycles. The summed E-state index contributed by atoms with van der Waals surface area (Å²) >= 11 is 0. The largest absolute Gasteiger partial charge is 0.376 e. The number of nitriles is 1. The van der Waals surface area contributed by atoms with Gasteiger partial charge in [-0.3, -0.25) is 10.1 Å². The number of pyridine rings is 1. The summed E-state index contributed by atoms with van der Waals surface area (Å²) in [7, 11) is 0. The summed E-state index contributed by atoms with van der Waals surface area (Å²) in [4.78, 5) is 14.0. The monoisotopic (exact) mass is 290 g/mol. The summed E-state index contributed by atoms with van der Waals surface area (Å²) in [5.74, 6) is 0.357. The fourth-order valence-electron chi connectivity index (χ4n) is 2.41. The summed E-state index contributed by atoms with van der Waals surface area (Å²) in [5, 5.41) is 22.6. The lowest BCUT2D eigenvalue weighted by atomic mass is 9.98. The molecule has 0 spiro atoms. The molecule has 1 heterocycles. The number of nitrogens with one attached hydrogen (secondary N) is 1. The highest BCUT2D eigenvalue weighted by atomic mass is 16.6. The van der Waals surface area contributed by atoms with Crippen molar-refractivity contribution < 1.29 is 9.66 Å². The second-order valence-corrected chi connectivity index (χ2v) is 5.02. The van der Waals surface area contributed by atoms with Crippen LogP contribution < -0.4 is 5.32 Å². The number of hydrogen-bond donors (Lipinski definition) is 1. The van der Waals surface area contributed by atoms with Gasteiger partial charge in [-0.05, 0) is 12.8 Å². The minimum absolute atomic E-state index is 0.168. The fourth-order valence-corrected chi connectivity index (χ4v) is 2.41. The molecule has 1 aromatic rings. The van der Waals surface area contributed by atoms with Crippen LogP contribution in [-0.2, 0) is 4.74 Å². The summed E-state index contributed by atoms with van der Waals surface area (Å²) in [6, 6.07) is 3.13. The Morgan fingerprint density at radius 3 is 2.90 bits per heavy atom. The van der Waals surface area contributed by atoms with Crippen LogP contribution in [0.5, 0.6) is 0 Å². The molecule has 1 aliphatic carbocycles. The fraction of sp³-hybridized carbons (Fsp3) is 0.571. The van der Waals surface area contributed by atoms with Gasteiger partial charge in [0, 0.05) is 12.6 Å². The third-order valence-corrected chi connectivity index (χ3v) is 3.50. The molecule has 7 heteroatoms. The van der Waals surface area contributed by atoms with Crippen LogP contribution in [0.1, 0.15) is 37.7 Å². The summed E-state index contributed by atoms with van der Waals surface area (Å²) in [5.41, 5.74) is -0.0163. The van der Waals surface area contributed by atoms with Gasteiger partial charge in [-0.2, -0.15) is 5.26 Å². The van der Waals surface area contributed by atoms with Crippen LogP contribution >= 0.6 is 0 Å². The standard InChI is InChI=1S/C14H18N4O3/c15-9-11-8-12(18(19)20)10-17-14(11)16-6-7-21-13-4-2-1-3-5-13/h8,10,13H,1-7H2,(H,16,17). The van der Waals surface area contributed by atoms with Crippen molar-refractivity contribution in [3.05, 3.63) is 27.9 Å². The Bertz CT molecular complexity index is 536. The van der Waals surface area contributed by atoms with Crippen molar-refractivity contribution in [1.29, 1.82) is 5.26 Å². The third kappa shape index (κ3) is 4.39. The third-order valence-electron chi connectivity index (χ3n) is 3.50. The molecule has 112 valence electrons. The number of ether oxygens (including phenoxy) is 1. The number of rotatable bonds is 6. The van der Waals surface area contributed by atoms with E-state index in [0.717, 1.165) is 19.0 Å². The molecule has 21 heavy (non-hydrogen) atoms. The first kappa shape index (κ1) is 15.2. The van der Waals surface area contributed by atoms with Gasteiger partial charge in [0.05, 0.1) is 17.6 Å². The highest BCUT2D eigenvalue weighted by Gasteiger charge is 2.14. The Kier molecular flexibility index (Phi) is 5.46. The smallest absolute Gasteiger partial charge is 0.289 e. The van der Waals surface area contributed by atoms with Crippen molar-refractivity contribution in [2.75, 3.05) is 18.5 Å². The molecule has 0 amide bonds. The summed E-state index contributed by atoms with van der Waals surface area (Å²) in [6.45, 7) is 1.06. The molecule has 1 saturated carbocycles. The van der Waals surface area contributed by atoms with Crippen LogP contribution in [-0.4, -0.2) is 29.2 Å². The molecule has 7 nitrogen and oxygen atoms in total. The molecule has 0 atom stereocenters. The number of anilines is 1.